The molecule has 3 aromatic rings. The van der Waals surface area contributed by atoms with Crippen LogP contribution in [0.4, 0.5) is 10.5 Å². The number of ether oxygens (including phenoxy) is 1. The van der Waals surface area contributed by atoms with E-state index in [1.807, 2.05) is 12.1 Å². The topological polar surface area (TPSA) is 137 Å². The van der Waals surface area contributed by atoms with E-state index in [9.17, 15) is 24.6 Å². The summed E-state index contributed by atoms with van der Waals surface area (Å²) in [6.45, 7) is 4.38. The highest BCUT2D eigenvalue weighted by molar-refractivity contribution is 5.95. The van der Waals surface area contributed by atoms with E-state index >= 15 is 0 Å². The molecule has 1 aliphatic rings. The van der Waals surface area contributed by atoms with Gasteiger partial charge in [0.05, 0.1) is 38.3 Å². The Balaban J connectivity index is 1.39. The zero-order chi connectivity index (χ0) is 29.4. The fourth-order valence-electron chi connectivity index (χ4n) is 5.09. The normalized spacial score (nSPS) is 18.7. The number of urea groups is 1. The number of hydrogen-bond acceptors (Lipinski definition) is 6. The van der Waals surface area contributed by atoms with Gasteiger partial charge in [-0.15, -0.1) is 0 Å². The largest absolute Gasteiger partial charge is 0.508 e. The molecule has 1 unspecified atom stereocenters. The van der Waals surface area contributed by atoms with Crippen LogP contribution in [0.3, 0.4) is 0 Å². The molecular formula is C31H37N4O6+. The molecule has 1 heterocycles. The first-order chi connectivity index (χ1) is 19.6. The van der Waals surface area contributed by atoms with Crippen LogP contribution in [-0.2, 0) is 22.5 Å². The molecule has 1 aliphatic heterocycles. The van der Waals surface area contributed by atoms with Gasteiger partial charge in [0.15, 0.2) is 0 Å². The van der Waals surface area contributed by atoms with Gasteiger partial charge in [0.25, 0.3) is 0 Å². The summed E-state index contributed by atoms with van der Waals surface area (Å²) >= 11 is 0. The quantitative estimate of drug-likeness (QED) is 0.190. The molecule has 4 rings (SSSR count). The number of likely N-dealkylation sites (tertiary alicyclic amines) is 1. The van der Waals surface area contributed by atoms with Crippen molar-refractivity contribution in [3.05, 3.63) is 89.5 Å². The number of amides is 3. The van der Waals surface area contributed by atoms with Crippen molar-refractivity contribution in [2.75, 3.05) is 32.1 Å². The van der Waals surface area contributed by atoms with Crippen molar-refractivity contribution in [1.29, 1.82) is 0 Å². The Kier molecular flexibility index (Phi) is 9.46. The van der Waals surface area contributed by atoms with Crippen LogP contribution < -0.4 is 16.0 Å². The molecule has 0 radical (unpaired) electrons. The Bertz CT molecular complexity index is 1340. The van der Waals surface area contributed by atoms with Crippen molar-refractivity contribution in [2.24, 2.45) is 0 Å². The van der Waals surface area contributed by atoms with Gasteiger partial charge in [0.2, 0.25) is 5.91 Å². The molecule has 5 N–H and O–H groups in total. The summed E-state index contributed by atoms with van der Waals surface area (Å²) in [6, 6.07) is 18.5. The zero-order valence-corrected chi connectivity index (χ0v) is 23.3. The molecular weight excluding hydrogens is 524 g/mol. The number of likely N-dealkylation sites (N-methyl/N-ethyl adjacent to an activating group) is 1. The second kappa shape index (κ2) is 13.2. The first-order valence-electron chi connectivity index (χ1n) is 13.7. The smallest absolute Gasteiger partial charge is 0.338 e. The summed E-state index contributed by atoms with van der Waals surface area (Å²) in [5, 5.41) is 27.8. The van der Waals surface area contributed by atoms with Gasteiger partial charge in [-0.3, -0.25) is 4.79 Å². The van der Waals surface area contributed by atoms with Crippen molar-refractivity contribution in [3.63, 3.8) is 0 Å². The maximum atomic E-state index is 13.5. The van der Waals surface area contributed by atoms with E-state index in [0.717, 1.165) is 41.7 Å². The van der Waals surface area contributed by atoms with Crippen LogP contribution in [0.2, 0.25) is 0 Å². The zero-order valence-electron chi connectivity index (χ0n) is 23.3. The first kappa shape index (κ1) is 29.4. The predicted molar refractivity (Wildman–Crippen MR) is 154 cm³/mol. The van der Waals surface area contributed by atoms with Crippen LogP contribution in [0.15, 0.2) is 72.8 Å². The van der Waals surface area contributed by atoms with Gasteiger partial charge in [-0.05, 0) is 73.2 Å². The lowest BCUT2D eigenvalue weighted by atomic mass is 10.0. The van der Waals surface area contributed by atoms with Gasteiger partial charge < -0.3 is 35.4 Å². The van der Waals surface area contributed by atoms with Crippen LogP contribution in [0.25, 0.3) is 0 Å². The number of nitrogens with zero attached hydrogens (tertiary/aromatic N) is 1. The number of phenols is 2. The fourth-order valence-corrected chi connectivity index (χ4v) is 5.09. The number of nitrogens with one attached hydrogen (secondary N) is 3. The lowest BCUT2D eigenvalue weighted by Gasteiger charge is -2.30. The van der Waals surface area contributed by atoms with E-state index in [-0.39, 0.29) is 36.5 Å². The molecule has 216 valence electrons. The van der Waals surface area contributed by atoms with Crippen molar-refractivity contribution in [1.82, 2.24) is 10.6 Å². The lowest BCUT2D eigenvalue weighted by Crippen LogP contribution is -2.53. The molecule has 3 aromatic carbocycles. The molecule has 0 aromatic heterocycles. The molecule has 0 spiro atoms. The van der Waals surface area contributed by atoms with Gasteiger partial charge in [-0.1, -0.05) is 12.1 Å². The summed E-state index contributed by atoms with van der Waals surface area (Å²) in [5.41, 5.74) is 2.71. The number of carbonyl (C=O) groups excluding carboxylic acids is 3. The SMILES string of the molecule is CCOC(=O)c1ccc(NC(=O)N[C@H](Cc2ccc(O)cc2)C(=O)N[C@H]2CC[N+](C)(Cc3ccc(O)cc3)C2)cc1. The number of quaternary nitrogens is 1. The highest BCUT2D eigenvalue weighted by Gasteiger charge is 2.36. The molecule has 1 saturated heterocycles. The predicted octanol–water partition coefficient (Wildman–Crippen LogP) is 3.54. The third kappa shape index (κ3) is 8.46. The molecule has 0 bridgehead atoms. The van der Waals surface area contributed by atoms with E-state index < -0.39 is 18.0 Å². The number of rotatable bonds is 10. The highest BCUT2D eigenvalue weighted by atomic mass is 16.5. The summed E-state index contributed by atoms with van der Waals surface area (Å²) in [7, 11) is 2.14. The average molecular weight is 562 g/mol. The van der Waals surface area contributed by atoms with Crippen LogP contribution in [-0.4, -0.2) is 71.4 Å². The first-order valence-corrected chi connectivity index (χ1v) is 13.7. The average Bonchev–Trinajstić information content (AvgIpc) is 3.31. The van der Waals surface area contributed by atoms with Gasteiger partial charge in [0.1, 0.15) is 24.1 Å². The van der Waals surface area contributed by atoms with Crippen molar-refractivity contribution < 1.29 is 33.8 Å². The molecule has 0 aliphatic carbocycles. The van der Waals surface area contributed by atoms with Crippen LogP contribution in [0, 0.1) is 0 Å². The lowest BCUT2D eigenvalue weighted by molar-refractivity contribution is -0.911. The Hall–Kier alpha value is -4.57. The van der Waals surface area contributed by atoms with Crippen LogP contribution in [0.1, 0.15) is 34.8 Å². The summed E-state index contributed by atoms with van der Waals surface area (Å²) < 4.78 is 5.73. The molecule has 10 nitrogen and oxygen atoms in total. The summed E-state index contributed by atoms with van der Waals surface area (Å²) in [5.74, 6) is -0.399. The molecule has 1 fully saturated rings. The second-order valence-electron chi connectivity index (χ2n) is 10.7. The van der Waals surface area contributed by atoms with Gasteiger partial charge >= 0.3 is 12.0 Å². The number of benzene rings is 3. The third-order valence-electron chi connectivity index (χ3n) is 7.18. The molecule has 10 heteroatoms. The minimum atomic E-state index is -0.866. The highest BCUT2D eigenvalue weighted by Crippen LogP contribution is 2.23. The monoisotopic (exact) mass is 561 g/mol. The maximum absolute atomic E-state index is 13.5. The number of anilines is 1. The number of hydrogen-bond donors (Lipinski definition) is 5. The van der Waals surface area contributed by atoms with Gasteiger partial charge in [-0.25, -0.2) is 9.59 Å². The van der Waals surface area contributed by atoms with Crippen molar-refractivity contribution in [3.8, 4) is 11.5 Å². The van der Waals surface area contributed by atoms with Gasteiger partial charge in [0, 0.05) is 24.1 Å². The Morgan fingerprint density at radius 1 is 0.927 bits per heavy atom. The second-order valence-corrected chi connectivity index (χ2v) is 10.7. The number of aromatic hydroxyl groups is 2. The van der Waals surface area contributed by atoms with Crippen LogP contribution >= 0.6 is 0 Å². The Morgan fingerprint density at radius 2 is 1.54 bits per heavy atom. The van der Waals surface area contributed by atoms with E-state index in [1.165, 1.54) is 0 Å². The number of phenolic OH excluding ortho intramolecular Hbond substituents is 2. The third-order valence-corrected chi connectivity index (χ3v) is 7.18. The van der Waals surface area contributed by atoms with Crippen molar-refractivity contribution >= 4 is 23.6 Å². The van der Waals surface area contributed by atoms with E-state index in [2.05, 4.69) is 23.0 Å². The minimum absolute atomic E-state index is 0.0628. The maximum Gasteiger partial charge on any atom is 0.338 e. The van der Waals surface area contributed by atoms with E-state index in [4.69, 9.17) is 4.74 Å². The minimum Gasteiger partial charge on any atom is -0.508 e. The van der Waals surface area contributed by atoms with Crippen LogP contribution in [0.5, 0.6) is 11.5 Å². The van der Waals surface area contributed by atoms with Gasteiger partial charge in [-0.2, -0.15) is 0 Å². The van der Waals surface area contributed by atoms with E-state index in [0.29, 0.717) is 11.3 Å². The van der Waals surface area contributed by atoms with E-state index in [1.54, 1.807) is 67.6 Å². The fraction of sp³-hybridized carbons (Fsp3) is 0.323. The van der Waals surface area contributed by atoms with Crippen molar-refractivity contribution in [2.45, 2.75) is 38.4 Å². The summed E-state index contributed by atoms with van der Waals surface area (Å²) in [6.07, 6.45) is 1.03. The molecule has 3 amide bonds. The molecule has 41 heavy (non-hydrogen) atoms. The standard InChI is InChI=1S/C31H36N4O6/c1-3-41-30(39)23-8-10-24(11-9-23)33-31(40)34-28(18-21-4-12-26(36)13-5-21)29(38)32-25-16-17-35(2,20-25)19-22-6-14-27(37)15-7-22/h4-15,25,28H,3,16-20H2,1-2H3,(H4-,32,33,34,36,37,38,39,40)/p+1/t25-,28+,35?/m0/s1. The number of carbonyl (C=O) groups is 3. The molecule has 0 saturated carbocycles. The Labute approximate surface area is 239 Å². The number of esters is 1. The Morgan fingerprint density at radius 3 is 2.15 bits per heavy atom. The molecule has 3 atom stereocenters. The summed E-state index contributed by atoms with van der Waals surface area (Å²) in [4.78, 5) is 38.2.